The molecule has 0 unspecified atom stereocenters. The van der Waals surface area contributed by atoms with Gasteiger partial charge in [0.05, 0.1) is 11.9 Å². The molecule has 9 nitrogen and oxygen atoms in total. The third-order valence-electron chi connectivity index (χ3n) is 7.19. The Labute approximate surface area is 259 Å². The second-order valence-electron chi connectivity index (χ2n) is 11.3. The van der Waals surface area contributed by atoms with Crippen LogP contribution in [0.25, 0.3) is 0 Å². The Kier molecular flexibility index (Phi) is 11.2. The largest absolute Gasteiger partial charge is 0.486 e. The van der Waals surface area contributed by atoms with Crippen molar-refractivity contribution >= 4 is 27.5 Å². The van der Waals surface area contributed by atoms with Crippen LogP contribution in [0.2, 0.25) is 0 Å². The maximum absolute atomic E-state index is 13.9. The molecule has 44 heavy (non-hydrogen) atoms. The maximum atomic E-state index is 13.9. The molecule has 11 heteroatoms. The van der Waals surface area contributed by atoms with Gasteiger partial charge in [-0.1, -0.05) is 56.3 Å². The van der Waals surface area contributed by atoms with E-state index in [1.807, 2.05) is 44.2 Å². The normalized spacial score (nSPS) is 13.3. The van der Waals surface area contributed by atoms with E-state index >= 15 is 0 Å². The first-order chi connectivity index (χ1) is 21.0. The van der Waals surface area contributed by atoms with E-state index in [0.29, 0.717) is 42.5 Å². The van der Waals surface area contributed by atoms with Gasteiger partial charge in [-0.25, -0.2) is 12.8 Å². The van der Waals surface area contributed by atoms with Crippen LogP contribution in [-0.4, -0.2) is 63.7 Å². The number of hydrogen-bond donors (Lipinski definition) is 1. The van der Waals surface area contributed by atoms with Crippen molar-refractivity contribution in [1.82, 2.24) is 10.2 Å². The molecule has 1 atom stereocenters. The summed E-state index contributed by atoms with van der Waals surface area (Å²) >= 11 is 0. The van der Waals surface area contributed by atoms with Gasteiger partial charge in [0, 0.05) is 38.5 Å². The summed E-state index contributed by atoms with van der Waals surface area (Å²) in [4.78, 5) is 29.0. The van der Waals surface area contributed by atoms with E-state index in [4.69, 9.17) is 9.47 Å². The average molecular weight is 626 g/mol. The number of benzene rings is 3. The summed E-state index contributed by atoms with van der Waals surface area (Å²) in [6, 6.07) is 19.4. The molecule has 0 bridgehead atoms. The summed E-state index contributed by atoms with van der Waals surface area (Å²) in [7, 11) is -3.69. The molecule has 2 amide bonds. The third-order valence-corrected chi connectivity index (χ3v) is 8.38. The molecule has 0 spiro atoms. The fourth-order valence-corrected chi connectivity index (χ4v) is 5.91. The number of anilines is 1. The summed E-state index contributed by atoms with van der Waals surface area (Å²) in [6.07, 6.45) is 1.58. The smallest absolute Gasteiger partial charge is 0.243 e. The number of rotatable bonds is 14. The van der Waals surface area contributed by atoms with Crippen LogP contribution >= 0.6 is 0 Å². The lowest BCUT2D eigenvalue weighted by atomic mass is 10.0. The lowest BCUT2D eigenvalue weighted by Gasteiger charge is -2.32. The number of fused-ring (bicyclic) bond motifs is 1. The van der Waals surface area contributed by atoms with Crippen molar-refractivity contribution in [3.63, 3.8) is 0 Å². The van der Waals surface area contributed by atoms with Crippen LogP contribution in [0.15, 0.2) is 72.8 Å². The third kappa shape index (κ3) is 9.19. The molecule has 3 aromatic rings. The Morgan fingerprint density at radius 3 is 2.27 bits per heavy atom. The van der Waals surface area contributed by atoms with Crippen molar-refractivity contribution in [2.45, 2.75) is 45.7 Å². The van der Waals surface area contributed by atoms with Crippen LogP contribution in [0.3, 0.4) is 0 Å². The van der Waals surface area contributed by atoms with Crippen LogP contribution in [0, 0.1) is 11.7 Å². The lowest BCUT2D eigenvalue weighted by molar-refractivity contribution is -0.141. The number of carbonyl (C=O) groups excluding carboxylic acids is 2. The quantitative estimate of drug-likeness (QED) is 0.282. The predicted molar refractivity (Wildman–Crippen MR) is 168 cm³/mol. The molecule has 1 heterocycles. The zero-order valence-corrected chi connectivity index (χ0v) is 26.2. The van der Waals surface area contributed by atoms with Gasteiger partial charge in [-0.05, 0) is 47.7 Å². The van der Waals surface area contributed by atoms with Gasteiger partial charge in [0.1, 0.15) is 25.1 Å². The molecule has 1 aliphatic rings. The Bertz CT molecular complexity index is 1520. The van der Waals surface area contributed by atoms with Gasteiger partial charge in [-0.3, -0.25) is 13.9 Å². The predicted octanol–water partition coefficient (Wildman–Crippen LogP) is 4.56. The average Bonchev–Trinajstić information content (AvgIpc) is 3.00. The molecule has 1 aliphatic heterocycles. The van der Waals surface area contributed by atoms with Crippen LogP contribution in [0.1, 0.15) is 37.8 Å². The highest BCUT2D eigenvalue weighted by atomic mass is 32.2. The zero-order chi connectivity index (χ0) is 31.7. The van der Waals surface area contributed by atoms with Crippen molar-refractivity contribution in [3.8, 4) is 11.5 Å². The fourth-order valence-electron chi connectivity index (χ4n) is 4.95. The number of ether oxygens (including phenoxy) is 2. The van der Waals surface area contributed by atoms with Gasteiger partial charge in [0.25, 0.3) is 0 Å². The molecule has 0 saturated heterocycles. The fraction of sp³-hybridized carbons (Fsp3) is 0.394. The number of sulfonamides is 1. The number of nitrogens with zero attached hydrogens (tertiary/aromatic N) is 2. The molecule has 1 N–H and O–H groups in total. The minimum Gasteiger partial charge on any atom is -0.486 e. The highest BCUT2D eigenvalue weighted by molar-refractivity contribution is 7.92. The molecule has 0 aliphatic carbocycles. The SMILES string of the molecule is CC(C)CNC(=O)[C@@H](Cc1ccccc1)N(Cc1ccc(F)cc1)C(=O)CCCN(c1ccc2c(c1)OCCO2)S(C)(=O)=O. The highest BCUT2D eigenvalue weighted by Crippen LogP contribution is 2.34. The molecule has 0 aromatic heterocycles. The Hall–Kier alpha value is -4.12. The highest BCUT2D eigenvalue weighted by Gasteiger charge is 2.31. The standard InChI is InChI=1S/C33H40FN3O6S/c1-24(2)22-35-33(39)29(20-25-8-5-4-6-9-25)36(23-26-11-13-27(34)14-12-26)32(38)10-7-17-37(44(3,40)41)28-15-16-30-31(21-28)43-19-18-42-30/h4-6,8-9,11-16,21,24,29H,7,10,17-20,22-23H2,1-3H3,(H,35,39)/t29-/m1/s1. The summed E-state index contributed by atoms with van der Waals surface area (Å²) < 4.78 is 51.7. The van der Waals surface area contributed by atoms with E-state index in [9.17, 15) is 22.4 Å². The number of halogens is 1. The van der Waals surface area contributed by atoms with E-state index < -0.39 is 21.9 Å². The first kappa shape index (κ1) is 32.8. The van der Waals surface area contributed by atoms with Crippen molar-refractivity contribution in [3.05, 3.63) is 89.7 Å². The molecule has 3 aromatic carbocycles. The van der Waals surface area contributed by atoms with Crippen LogP contribution in [0.4, 0.5) is 10.1 Å². The van der Waals surface area contributed by atoms with E-state index in [1.54, 1.807) is 30.3 Å². The van der Waals surface area contributed by atoms with Crippen LogP contribution in [0.5, 0.6) is 11.5 Å². The molecule has 236 valence electrons. The monoisotopic (exact) mass is 625 g/mol. The van der Waals surface area contributed by atoms with Gasteiger partial charge in [0.15, 0.2) is 11.5 Å². The second kappa shape index (κ2) is 15.1. The number of carbonyl (C=O) groups is 2. The molecular formula is C33H40FN3O6S. The van der Waals surface area contributed by atoms with Gasteiger partial charge < -0.3 is 19.7 Å². The summed E-state index contributed by atoms with van der Waals surface area (Å²) in [6.45, 7) is 5.33. The molecule has 0 saturated carbocycles. The van der Waals surface area contributed by atoms with E-state index in [-0.39, 0.29) is 50.1 Å². The zero-order valence-electron chi connectivity index (χ0n) is 25.4. The Morgan fingerprint density at radius 2 is 1.61 bits per heavy atom. The number of hydrogen-bond acceptors (Lipinski definition) is 6. The van der Waals surface area contributed by atoms with Crippen LogP contribution in [-0.2, 0) is 32.6 Å². The molecular weight excluding hydrogens is 585 g/mol. The first-order valence-electron chi connectivity index (χ1n) is 14.7. The van der Waals surface area contributed by atoms with Gasteiger partial charge in [-0.2, -0.15) is 0 Å². The minimum atomic E-state index is -3.69. The molecule has 4 rings (SSSR count). The summed E-state index contributed by atoms with van der Waals surface area (Å²) in [5.41, 5.74) is 1.96. The topological polar surface area (TPSA) is 105 Å². The van der Waals surface area contributed by atoms with Gasteiger partial charge >= 0.3 is 0 Å². The summed E-state index contributed by atoms with van der Waals surface area (Å²) in [5, 5.41) is 2.97. The van der Waals surface area contributed by atoms with Gasteiger partial charge in [-0.15, -0.1) is 0 Å². The second-order valence-corrected chi connectivity index (χ2v) is 13.2. The Morgan fingerprint density at radius 1 is 0.932 bits per heavy atom. The Balaban J connectivity index is 1.57. The molecule has 0 fully saturated rings. The maximum Gasteiger partial charge on any atom is 0.243 e. The lowest BCUT2D eigenvalue weighted by Crippen LogP contribution is -2.51. The van der Waals surface area contributed by atoms with E-state index in [1.165, 1.54) is 21.3 Å². The van der Waals surface area contributed by atoms with Crippen molar-refractivity contribution in [1.29, 1.82) is 0 Å². The van der Waals surface area contributed by atoms with Crippen molar-refractivity contribution < 1.29 is 31.9 Å². The number of nitrogens with one attached hydrogen (secondary N) is 1. The number of amides is 2. The minimum absolute atomic E-state index is 0.0134. The van der Waals surface area contributed by atoms with E-state index in [0.717, 1.165) is 11.8 Å². The first-order valence-corrected chi connectivity index (χ1v) is 16.6. The molecule has 0 radical (unpaired) electrons. The van der Waals surface area contributed by atoms with Gasteiger partial charge in [0.2, 0.25) is 21.8 Å². The van der Waals surface area contributed by atoms with Crippen molar-refractivity contribution in [2.24, 2.45) is 5.92 Å². The van der Waals surface area contributed by atoms with Crippen LogP contribution < -0.4 is 19.1 Å². The summed E-state index contributed by atoms with van der Waals surface area (Å²) in [5.74, 6) is 0.209. The van der Waals surface area contributed by atoms with E-state index in [2.05, 4.69) is 5.32 Å². The van der Waals surface area contributed by atoms with Crippen molar-refractivity contribution in [2.75, 3.05) is 36.9 Å².